The summed E-state index contributed by atoms with van der Waals surface area (Å²) in [5.41, 5.74) is 1.49. The van der Waals surface area contributed by atoms with E-state index in [0.29, 0.717) is 43.9 Å². The molecule has 0 unspecified atom stereocenters. The standard InChI is InChI=1S/C25H38N6O2/c1-18(2)22-20(15-28-31(22)21-9-7-8-12-26-21)24(33)30-13-10-19(11-14-30)23(32)27-16-25(3,4)17-29(5)6/h7-9,12,15,18-19H,10-11,13-14,16-17H2,1-6H3,(H,27,32). The molecule has 2 aromatic heterocycles. The number of carbonyl (C=O) groups is 2. The van der Waals surface area contributed by atoms with Crippen molar-refractivity contribution in [1.82, 2.24) is 29.9 Å². The molecule has 33 heavy (non-hydrogen) atoms. The smallest absolute Gasteiger partial charge is 0.257 e. The van der Waals surface area contributed by atoms with Gasteiger partial charge in [0, 0.05) is 38.3 Å². The summed E-state index contributed by atoms with van der Waals surface area (Å²) in [6.45, 7) is 11.1. The first kappa shape index (κ1) is 24.9. The molecule has 1 N–H and O–H groups in total. The fraction of sp³-hybridized carbons (Fsp3) is 0.600. The Hall–Kier alpha value is -2.74. The molecule has 1 aliphatic rings. The molecule has 0 saturated carbocycles. The van der Waals surface area contributed by atoms with Gasteiger partial charge in [-0.25, -0.2) is 9.67 Å². The zero-order valence-electron chi connectivity index (χ0n) is 20.8. The third-order valence-corrected chi connectivity index (χ3v) is 6.09. The minimum atomic E-state index is -0.0509. The lowest BCUT2D eigenvalue weighted by atomic mass is 9.91. The van der Waals surface area contributed by atoms with Crippen LogP contribution in [0.5, 0.6) is 0 Å². The minimum absolute atomic E-state index is 0.0108. The molecule has 0 aromatic carbocycles. The van der Waals surface area contributed by atoms with Gasteiger partial charge in [-0.15, -0.1) is 0 Å². The lowest BCUT2D eigenvalue weighted by Gasteiger charge is -2.33. The minimum Gasteiger partial charge on any atom is -0.355 e. The van der Waals surface area contributed by atoms with Gasteiger partial charge in [0.15, 0.2) is 5.82 Å². The Labute approximate surface area is 197 Å². The van der Waals surface area contributed by atoms with Gasteiger partial charge >= 0.3 is 0 Å². The number of hydrogen-bond donors (Lipinski definition) is 1. The van der Waals surface area contributed by atoms with Crippen LogP contribution in [0, 0.1) is 11.3 Å². The van der Waals surface area contributed by atoms with Crippen molar-refractivity contribution in [2.45, 2.75) is 46.5 Å². The lowest BCUT2D eigenvalue weighted by molar-refractivity contribution is -0.126. The van der Waals surface area contributed by atoms with E-state index in [0.717, 1.165) is 12.2 Å². The quantitative estimate of drug-likeness (QED) is 0.663. The molecule has 2 aromatic rings. The van der Waals surface area contributed by atoms with Crippen molar-refractivity contribution in [3.8, 4) is 5.82 Å². The molecule has 2 amide bonds. The molecular weight excluding hydrogens is 416 g/mol. The second-order valence-electron chi connectivity index (χ2n) is 10.4. The van der Waals surface area contributed by atoms with E-state index in [2.05, 4.69) is 48.0 Å². The number of amides is 2. The van der Waals surface area contributed by atoms with E-state index in [4.69, 9.17) is 0 Å². The van der Waals surface area contributed by atoms with Gasteiger partial charge in [0.1, 0.15) is 0 Å². The Morgan fingerprint density at radius 1 is 1.21 bits per heavy atom. The van der Waals surface area contributed by atoms with Gasteiger partial charge in [0.2, 0.25) is 5.91 Å². The van der Waals surface area contributed by atoms with E-state index < -0.39 is 0 Å². The highest BCUT2D eigenvalue weighted by Crippen LogP contribution is 2.26. The maximum atomic E-state index is 13.4. The summed E-state index contributed by atoms with van der Waals surface area (Å²) in [6.07, 6.45) is 4.73. The van der Waals surface area contributed by atoms with Crippen LogP contribution in [0.1, 0.15) is 62.5 Å². The fourth-order valence-electron chi connectivity index (χ4n) is 4.64. The molecule has 8 nitrogen and oxygen atoms in total. The molecule has 0 radical (unpaired) electrons. The van der Waals surface area contributed by atoms with Crippen LogP contribution in [0.25, 0.3) is 5.82 Å². The van der Waals surface area contributed by atoms with E-state index >= 15 is 0 Å². The van der Waals surface area contributed by atoms with Gasteiger partial charge in [0.25, 0.3) is 5.91 Å². The number of piperidine rings is 1. The summed E-state index contributed by atoms with van der Waals surface area (Å²) in [5.74, 6) is 0.840. The molecule has 180 valence electrons. The first-order valence-electron chi connectivity index (χ1n) is 11.8. The van der Waals surface area contributed by atoms with Gasteiger partial charge in [-0.05, 0) is 50.4 Å². The summed E-state index contributed by atoms with van der Waals surface area (Å²) >= 11 is 0. The highest BCUT2D eigenvalue weighted by molar-refractivity contribution is 5.95. The summed E-state index contributed by atoms with van der Waals surface area (Å²) in [4.78, 5) is 34.5. The summed E-state index contributed by atoms with van der Waals surface area (Å²) < 4.78 is 1.76. The number of aromatic nitrogens is 3. The molecule has 1 saturated heterocycles. The van der Waals surface area contributed by atoms with Crippen molar-refractivity contribution >= 4 is 11.8 Å². The second-order valence-corrected chi connectivity index (χ2v) is 10.4. The van der Waals surface area contributed by atoms with Gasteiger partial charge < -0.3 is 15.1 Å². The molecule has 1 fully saturated rings. The molecule has 0 bridgehead atoms. The van der Waals surface area contributed by atoms with Crippen molar-refractivity contribution in [3.63, 3.8) is 0 Å². The van der Waals surface area contributed by atoms with Crippen LogP contribution in [0.3, 0.4) is 0 Å². The monoisotopic (exact) mass is 454 g/mol. The van der Waals surface area contributed by atoms with Crippen LogP contribution in [0.4, 0.5) is 0 Å². The largest absolute Gasteiger partial charge is 0.355 e. The van der Waals surface area contributed by atoms with Crippen LogP contribution in [-0.4, -0.2) is 76.7 Å². The summed E-state index contributed by atoms with van der Waals surface area (Å²) in [7, 11) is 4.09. The number of hydrogen-bond acceptors (Lipinski definition) is 5. The van der Waals surface area contributed by atoms with E-state index in [1.165, 1.54) is 0 Å². The van der Waals surface area contributed by atoms with Crippen LogP contribution in [0.2, 0.25) is 0 Å². The molecule has 8 heteroatoms. The third-order valence-electron chi connectivity index (χ3n) is 6.09. The van der Waals surface area contributed by atoms with Crippen LogP contribution >= 0.6 is 0 Å². The Morgan fingerprint density at radius 2 is 1.91 bits per heavy atom. The van der Waals surface area contributed by atoms with E-state index in [1.54, 1.807) is 17.1 Å². The zero-order valence-corrected chi connectivity index (χ0v) is 20.8. The molecule has 0 spiro atoms. The molecular formula is C25H38N6O2. The van der Waals surface area contributed by atoms with E-state index in [1.807, 2.05) is 37.2 Å². The van der Waals surface area contributed by atoms with Crippen molar-refractivity contribution in [1.29, 1.82) is 0 Å². The van der Waals surface area contributed by atoms with E-state index in [-0.39, 0.29) is 29.1 Å². The average molecular weight is 455 g/mol. The van der Waals surface area contributed by atoms with Crippen molar-refractivity contribution in [2.75, 3.05) is 40.3 Å². The summed E-state index contributed by atoms with van der Waals surface area (Å²) in [6, 6.07) is 5.65. The zero-order chi connectivity index (χ0) is 24.2. The van der Waals surface area contributed by atoms with Crippen LogP contribution < -0.4 is 5.32 Å². The molecule has 3 heterocycles. The van der Waals surface area contributed by atoms with Crippen LogP contribution in [0.15, 0.2) is 30.6 Å². The molecule has 0 aliphatic carbocycles. The Balaban J connectivity index is 1.62. The van der Waals surface area contributed by atoms with Crippen molar-refractivity contribution in [2.24, 2.45) is 11.3 Å². The van der Waals surface area contributed by atoms with Gasteiger partial charge in [-0.2, -0.15) is 5.10 Å². The number of pyridine rings is 1. The number of rotatable bonds is 8. The first-order chi connectivity index (χ1) is 15.6. The molecule has 3 rings (SSSR count). The number of nitrogens with one attached hydrogen (secondary N) is 1. The average Bonchev–Trinajstić information content (AvgIpc) is 3.22. The normalized spacial score (nSPS) is 15.3. The molecule has 0 atom stereocenters. The topological polar surface area (TPSA) is 83.4 Å². The maximum Gasteiger partial charge on any atom is 0.257 e. The van der Waals surface area contributed by atoms with E-state index in [9.17, 15) is 9.59 Å². The maximum absolute atomic E-state index is 13.4. The highest BCUT2D eigenvalue weighted by Gasteiger charge is 2.31. The Bertz CT molecular complexity index is 943. The lowest BCUT2D eigenvalue weighted by Crippen LogP contribution is -2.46. The predicted molar refractivity (Wildman–Crippen MR) is 129 cm³/mol. The van der Waals surface area contributed by atoms with Gasteiger partial charge in [-0.3, -0.25) is 9.59 Å². The number of carbonyl (C=O) groups excluding carboxylic acids is 2. The first-order valence-corrected chi connectivity index (χ1v) is 11.8. The SMILES string of the molecule is CC(C)c1c(C(=O)N2CCC(C(=O)NCC(C)(C)CN(C)C)CC2)cnn1-c1ccccn1. The highest BCUT2D eigenvalue weighted by atomic mass is 16.2. The van der Waals surface area contributed by atoms with Crippen molar-refractivity contribution in [3.05, 3.63) is 41.9 Å². The number of nitrogens with zero attached hydrogens (tertiary/aromatic N) is 5. The second kappa shape index (κ2) is 10.5. The fourth-order valence-corrected chi connectivity index (χ4v) is 4.64. The Morgan fingerprint density at radius 3 is 2.48 bits per heavy atom. The third kappa shape index (κ3) is 6.19. The molecule has 1 aliphatic heterocycles. The number of likely N-dealkylation sites (tertiary alicyclic amines) is 1. The van der Waals surface area contributed by atoms with Gasteiger partial charge in [-0.1, -0.05) is 33.8 Å². The summed E-state index contributed by atoms with van der Waals surface area (Å²) in [5, 5.41) is 7.60. The van der Waals surface area contributed by atoms with Gasteiger partial charge in [0.05, 0.1) is 17.5 Å². The van der Waals surface area contributed by atoms with Crippen molar-refractivity contribution < 1.29 is 9.59 Å². The predicted octanol–water partition coefficient (Wildman–Crippen LogP) is 2.95. The van der Waals surface area contributed by atoms with Crippen LogP contribution in [-0.2, 0) is 4.79 Å². The Kier molecular flexibility index (Phi) is 7.89.